The molecule has 0 aliphatic carbocycles. The van der Waals surface area contributed by atoms with Gasteiger partial charge in [0, 0.05) is 16.3 Å². The predicted molar refractivity (Wildman–Crippen MR) is 71.5 cm³/mol. The van der Waals surface area contributed by atoms with E-state index in [-0.39, 0.29) is 0 Å². The zero-order valence-electron chi connectivity index (χ0n) is 10.2. The summed E-state index contributed by atoms with van der Waals surface area (Å²) in [5, 5.41) is 26.3. The largest absolute Gasteiger partial charge is 0.384 e. The first-order valence-electron chi connectivity index (χ1n) is 6.16. The topological polar surface area (TPSA) is 98.7 Å². The third-order valence-corrected chi connectivity index (χ3v) is 3.83. The number of anilines is 2. The molecule has 0 fully saturated rings. The molecule has 0 radical (unpaired) electrons. The highest BCUT2D eigenvalue weighted by Crippen LogP contribution is 2.42. The van der Waals surface area contributed by atoms with E-state index in [1.54, 1.807) is 24.3 Å². The first kappa shape index (κ1) is 11.4. The van der Waals surface area contributed by atoms with Crippen molar-refractivity contribution in [2.45, 2.75) is 12.3 Å². The number of nitrogens with one attached hydrogen (secondary N) is 2. The standard InChI is InChI=1S/C14H10N2O4/c17-11-7-3-1-5-6(10(7)16-13(11)19)2-4-8-9(5)15-14(20)12(8)18/h1-4,11,13,16-17,19H,(H,15,18,20). The van der Waals surface area contributed by atoms with Crippen LogP contribution in [-0.4, -0.2) is 28.1 Å². The molecule has 1 amide bonds. The average molecular weight is 270 g/mol. The number of amides is 1. The van der Waals surface area contributed by atoms with E-state index >= 15 is 0 Å². The van der Waals surface area contributed by atoms with Crippen LogP contribution in [0.25, 0.3) is 10.8 Å². The molecule has 0 spiro atoms. The van der Waals surface area contributed by atoms with E-state index in [0.717, 1.165) is 5.39 Å². The number of ketones is 1. The Balaban J connectivity index is 2.04. The Morgan fingerprint density at radius 3 is 2.45 bits per heavy atom. The van der Waals surface area contributed by atoms with Crippen LogP contribution in [0.15, 0.2) is 24.3 Å². The van der Waals surface area contributed by atoms with Gasteiger partial charge in [-0.1, -0.05) is 18.2 Å². The summed E-state index contributed by atoms with van der Waals surface area (Å²) in [4.78, 5) is 23.1. The molecule has 0 bridgehead atoms. The highest BCUT2D eigenvalue weighted by atomic mass is 16.3. The predicted octanol–water partition coefficient (Wildman–Crippen LogP) is 0.752. The van der Waals surface area contributed by atoms with E-state index in [1.165, 1.54) is 0 Å². The maximum Gasteiger partial charge on any atom is 0.296 e. The van der Waals surface area contributed by atoms with E-state index in [9.17, 15) is 19.8 Å². The van der Waals surface area contributed by atoms with Crippen LogP contribution in [0.2, 0.25) is 0 Å². The fraction of sp³-hybridized carbons (Fsp3) is 0.143. The quantitative estimate of drug-likeness (QED) is 0.529. The number of benzene rings is 2. The monoisotopic (exact) mass is 270 g/mol. The van der Waals surface area contributed by atoms with Crippen LogP contribution in [0.5, 0.6) is 0 Å². The normalized spacial score (nSPS) is 23.5. The minimum Gasteiger partial charge on any atom is -0.384 e. The van der Waals surface area contributed by atoms with E-state index in [4.69, 9.17) is 0 Å². The number of Topliss-reactive ketones (excluding diaryl/α,β-unsaturated/α-hetero) is 1. The second-order valence-electron chi connectivity index (χ2n) is 4.93. The lowest BCUT2D eigenvalue weighted by Crippen LogP contribution is -2.18. The lowest BCUT2D eigenvalue weighted by molar-refractivity contribution is -0.112. The smallest absolute Gasteiger partial charge is 0.296 e. The molecule has 2 heterocycles. The Morgan fingerprint density at radius 1 is 0.950 bits per heavy atom. The molecule has 0 saturated heterocycles. The van der Waals surface area contributed by atoms with Crippen LogP contribution in [-0.2, 0) is 4.79 Å². The fourth-order valence-corrected chi connectivity index (χ4v) is 2.84. The molecule has 100 valence electrons. The molecule has 20 heavy (non-hydrogen) atoms. The maximum atomic E-state index is 11.7. The molecule has 2 atom stereocenters. The molecule has 6 nitrogen and oxygen atoms in total. The van der Waals surface area contributed by atoms with Gasteiger partial charge in [0.25, 0.3) is 11.7 Å². The van der Waals surface area contributed by atoms with Crippen LogP contribution in [0.1, 0.15) is 22.0 Å². The van der Waals surface area contributed by atoms with Crippen molar-refractivity contribution < 1.29 is 19.8 Å². The van der Waals surface area contributed by atoms with Crippen molar-refractivity contribution in [2.24, 2.45) is 0 Å². The van der Waals surface area contributed by atoms with E-state index in [2.05, 4.69) is 10.6 Å². The highest BCUT2D eigenvalue weighted by Gasteiger charge is 2.33. The molecule has 4 N–H and O–H groups in total. The Labute approximate surface area is 113 Å². The second kappa shape index (κ2) is 3.56. The van der Waals surface area contributed by atoms with Crippen molar-refractivity contribution in [3.63, 3.8) is 0 Å². The SMILES string of the molecule is O=C1Nc2c(ccc3c4c(ccc23)C(O)C(O)N4)C1=O. The number of aliphatic hydroxyl groups is 2. The van der Waals surface area contributed by atoms with Crippen LogP contribution >= 0.6 is 0 Å². The molecule has 4 rings (SSSR count). The Morgan fingerprint density at radius 2 is 1.65 bits per heavy atom. The van der Waals surface area contributed by atoms with Crippen LogP contribution < -0.4 is 10.6 Å². The van der Waals surface area contributed by atoms with Gasteiger partial charge in [-0.15, -0.1) is 0 Å². The number of carbonyl (C=O) groups is 2. The van der Waals surface area contributed by atoms with E-state index in [0.29, 0.717) is 27.9 Å². The molecule has 2 aliphatic heterocycles. The molecule has 0 saturated carbocycles. The number of hydrogen-bond donors (Lipinski definition) is 4. The summed E-state index contributed by atoms with van der Waals surface area (Å²) < 4.78 is 0. The van der Waals surface area contributed by atoms with Gasteiger partial charge in [0.2, 0.25) is 0 Å². The van der Waals surface area contributed by atoms with Gasteiger partial charge in [-0.25, -0.2) is 0 Å². The van der Waals surface area contributed by atoms with E-state index < -0.39 is 24.0 Å². The van der Waals surface area contributed by atoms with Crippen molar-refractivity contribution in [3.8, 4) is 0 Å². The van der Waals surface area contributed by atoms with Gasteiger partial charge in [0.05, 0.1) is 16.9 Å². The van der Waals surface area contributed by atoms with Crippen LogP contribution in [0, 0.1) is 0 Å². The van der Waals surface area contributed by atoms with Gasteiger partial charge in [0.1, 0.15) is 6.10 Å². The molecule has 6 heteroatoms. The summed E-state index contributed by atoms with van der Waals surface area (Å²) in [5.41, 5.74) is 2.05. The molecule has 2 aromatic rings. The van der Waals surface area contributed by atoms with Gasteiger partial charge in [0.15, 0.2) is 6.23 Å². The summed E-state index contributed by atoms with van der Waals surface area (Å²) in [5.74, 6) is -1.18. The van der Waals surface area contributed by atoms with Gasteiger partial charge < -0.3 is 20.8 Å². The summed E-state index contributed by atoms with van der Waals surface area (Å²) in [6.45, 7) is 0. The summed E-state index contributed by atoms with van der Waals surface area (Å²) >= 11 is 0. The second-order valence-corrected chi connectivity index (χ2v) is 4.93. The Hall–Kier alpha value is -2.44. The fourth-order valence-electron chi connectivity index (χ4n) is 2.84. The molecular weight excluding hydrogens is 260 g/mol. The number of aliphatic hydroxyl groups excluding tert-OH is 2. The van der Waals surface area contributed by atoms with Crippen LogP contribution in [0.3, 0.4) is 0 Å². The number of fused-ring (bicyclic) bond motifs is 5. The van der Waals surface area contributed by atoms with Crippen molar-refractivity contribution in [1.82, 2.24) is 0 Å². The zero-order chi connectivity index (χ0) is 14.0. The number of hydrogen-bond acceptors (Lipinski definition) is 5. The lowest BCUT2D eigenvalue weighted by Gasteiger charge is -2.09. The Bertz CT molecular complexity index is 799. The maximum absolute atomic E-state index is 11.7. The molecule has 2 aliphatic rings. The third-order valence-electron chi connectivity index (χ3n) is 3.83. The molecule has 2 aromatic carbocycles. The van der Waals surface area contributed by atoms with Crippen LogP contribution in [0.4, 0.5) is 11.4 Å². The number of rotatable bonds is 0. The van der Waals surface area contributed by atoms with Gasteiger partial charge >= 0.3 is 0 Å². The first-order valence-corrected chi connectivity index (χ1v) is 6.16. The Kier molecular flexibility index (Phi) is 2.03. The van der Waals surface area contributed by atoms with Crippen molar-refractivity contribution in [2.75, 3.05) is 10.6 Å². The van der Waals surface area contributed by atoms with Crippen molar-refractivity contribution in [1.29, 1.82) is 0 Å². The lowest BCUT2D eigenvalue weighted by atomic mass is 9.99. The molecular formula is C14H10N2O4. The summed E-state index contributed by atoms with van der Waals surface area (Å²) in [6, 6.07) is 6.70. The van der Waals surface area contributed by atoms with E-state index in [1.807, 2.05) is 0 Å². The van der Waals surface area contributed by atoms with Crippen molar-refractivity contribution >= 4 is 33.8 Å². The van der Waals surface area contributed by atoms with Gasteiger partial charge in [-0.2, -0.15) is 0 Å². The van der Waals surface area contributed by atoms with Gasteiger partial charge in [-0.05, 0) is 6.07 Å². The molecule has 2 unspecified atom stereocenters. The first-order chi connectivity index (χ1) is 9.58. The zero-order valence-corrected chi connectivity index (χ0v) is 10.2. The summed E-state index contributed by atoms with van der Waals surface area (Å²) in [7, 11) is 0. The van der Waals surface area contributed by atoms with Gasteiger partial charge in [-0.3, -0.25) is 9.59 Å². The van der Waals surface area contributed by atoms with Crippen molar-refractivity contribution in [3.05, 3.63) is 35.4 Å². The average Bonchev–Trinajstić information content (AvgIpc) is 2.89. The minimum absolute atomic E-state index is 0.349. The number of carbonyl (C=O) groups excluding carboxylic acids is 2. The highest BCUT2D eigenvalue weighted by molar-refractivity contribution is 6.53. The minimum atomic E-state index is -1.06. The molecule has 0 aromatic heterocycles. The summed E-state index contributed by atoms with van der Waals surface area (Å²) in [6.07, 6.45) is -2.04. The third kappa shape index (κ3) is 1.24.